The lowest BCUT2D eigenvalue weighted by atomic mass is 9.94. The van der Waals surface area contributed by atoms with Crippen molar-refractivity contribution in [3.8, 4) is 0 Å². The quantitative estimate of drug-likeness (QED) is 0.767. The minimum absolute atomic E-state index is 0.188. The molecule has 0 saturated carbocycles. The van der Waals surface area contributed by atoms with Crippen LogP contribution >= 0.6 is 0 Å². The SMILES string of the molecule is COC(=O)C(C)(C)CNCc1cccn1C. The van der Waals surface area contributed by atoms with Gasteiger partial charge >= 0.3 is 5.97 Å². The maximum absolute atomic E-state index is 11.4. The normalized spacial score (nSPS) is 11.5. The van der Waals surface area contributed by atoms with Crippen LogP contribution in [0, 0.1) is 5.41 Å². The van der Waals surface area contributed by atoms with E-state index in [2.05, 4.69) is 16.0 Å². The number of carbonyl (C=O) groups is 1. The molecule has 4 heteroatoms. The van der Waals surface area contributed by atoms with Crippen molar-refractivity contribution in [2.24, 2.45) is 12.5 Å². The standard InChI is InChI=1S/C12H20N2O2/c1-12(2,11(15)16-4)9-13-8-10-6-5-7-14(10)3/h5-7,13H,8-9H2,1-4H3. The van der Waals surface area contributed by atoms with Crippen LogP contribution in [0.1, 0.15) is 19.5 Å². The highest BCUT2D eigenvalue weighted by Gasteiger charge is 2.27. The van der Waals surface area contributed by atoms with Crippen LogP contribution in [0.5, 0.6) is 0 Å². The molecule has 1 heterocycles. The van der Waals surface area contributed by atoms with E-state index in [9.17, 15) is 4.79 Å². The zero-order chi connectivity index (χ0) is 12.2. The Hall–Kier alpha value is -1.29. The molecule has 0 aliphatic heterocycles. The summed E-state index contributed by atoms with van der Waals surface area (Å²) >= 11 is 0. The molecule has 1 aromatic heterocycles. The maximum Gasteiger partial charge on any atom is 0.312 e. The predicted octanol–water partition coefficient (Wildman–Crippen LogP) is 1.31. The molecular weight excluding hydrogens is 204 g/mol. The lowest BCUT2D eigenvalue weighted by Crippen LogP contribution is -2.36. The predicted molar refractivity (Wildman–Crippen MR) is 62.9 cm³/mol. The highest BCUT2D eigenvalue weighted by molar-refractivity contribution is 5.76. The molecule has 1 rings (SSSR count). The van der Waals surface area contributed by atoms with Crippen LogP contribution in [0.25, 0.3) is 0 Å². The topological polar surface area (TPSA) is 43.3 Å². The molecule has 0 radical (unpaired) electrons. The van der Waals surface area contributed by atoms with Gasteiger partial charge < -0.3 is 14.6 Å². The van der Waals surface area contributed by atoms with Crippen molar-refractivity contribution < 1.29 is 9.53 Å². The summed E-state index contributed by atoms with van der Waals surface area (Å²) < 4.78 is 6.80. The average molecular weight is 224 g/mol. The first kappa shape index (κ1) is 12.8. The van der Waals surface area contributed by atoms with Crippen LogP contribution in [0.2, 0.25) is 0 Å². The highest BCUT2D eigenvalue weighted by Crippen LogP contribution is 2.15. The van der Waals surface area contributed by atoms with Crippen molar-refractivity contribution in [2.75, 3.05) is 13.7 Å². The first-order valence-electron chi connectivity index (χ1n) is 5.37. The van der Waals surface area contributed by atoms with Gasteiger partial charge in [-0.25, -0.2) is 0 Å². The summed E-state index contributed by atoms with van der Waals surface area (Å²) in [5, 5.41) is 3.26. The van der Waals surface area contributed by atoms with Gasteiger partial charge in [-0.2, -0.15) is 0 Å². The van der Waals surface area contributed by atoms with E-state index in [0.717, 1.165) is 6.54 Å². The number of rotatable bonds is 5. The Labute approximate surface area is 96.6 Å². The number of nitrogens with one attached hydrogen (secondary N) is 1. The second-order valence-corrected chi connectivity index (χ2v) is 4.59. The number of hydrogen-bond acceptors (Lipinski definition) is 3. The molecule has 16 heavy (non-hydrogen) atoms. The number of aromatic nitrogens is 1. The van der Waals surface area contributed by atoms with Gasteiger partial charge in [-0.15, -0.1) is 0 Å². The molecule has 0 amide bonds. The summed E-state index contributed by atoms with van der Waals surface area (Å²) in [5.74, 6) is -0.188. The van der Waals surface area contributed by atoms with Crippen LogP contribution in [0.3, 0.4) is 0 Å². The van der Waals surface area contributed by atoms with E-state index in [4.69, 9.17) is 4.74 Å². The molecule has 0 aliphatic rings. The summed E-state index contributed by atoms with van der Waals surface area (Å²) in [7, 11) is 3.42. The van der Waals surface area contributed by atoms with Crippen molar-refractivity contribution in [1.82, 2.24) is 9.88 Å². The largest absolute Gasteiger partial charge is 0.469 e. The minimum atomic E-state index is -0.486. The third kappa shape index (κ3) is 3.10. The first-order valence-corrected chi connectivity index (χ1v) is 5.37. The van der Waals surface area contributed by atoms with Crippen molar-refractivity contribution in [2.45, 2.75) is 20.4 Å². The number of ether oxygens (including phenoxy) is 1. The van der Waals surface area contributed by atoms with Crippen molar-refractivity contribution in [1.29, 1.82) is 0 Å². The Morgan fingerprint density at radius 3 is 2.75 bits per heavy atom. The average Bonchev–Trinajstić information content (AvgIpc) is 2.63. The van der Waals surface area contributed by atoms with Crippen molar-refractivity contribution in [3.05, 3.63) is 24.0 Å². The zero-order valence-electron chi connectivity index (χ0n) is 10.4. The van der Waals surface area contributed by atoms with Gasteiger partial charge in [0.15, 0.2) is 0 Å². The van der Waals surface area contributed by atoms with Gasteiger partial charge in [0, 0.05) is 32.0 Å². The summed E-state index contributed by atoms with van der Waals surface area (Å²) in [5.41, 5.74) is 0.709. The molecule has 0 unspecified atom stereocenters. The second-order valence-electron chi connectivity index (χ2n) is 4.59. The number of hydrogen-bond donors (Lipinski definition) is 1. The van der Waals surface area contributed by atoms with Gasteiger partial charge in [-0.05, 0) is 26.0 Å². The summed E-state index contributed by atoms with van der Waals surface area (Å²) in [6, 6.07) is 4.06. The third-order valence-electron chi connectivity index (χ3n) is 2.66. The van der Waals surface area contributed by atoms with E-state index in [1.54, 1.807) is 0 Å². The molecule has 0 atom stereocenters. The smallest absolute Gasteiger partial charge is 0.312 e. The van der Waals surface area contributed by atoms with E-state index < -0.39 is 5.41 Å². The fourth-order valence-corrected chi connectivity index (χ4v) is 1.53. The fourth-order valence-electron chi connectivity index (χ4n) is 1.53. The van der Waals surface area contributed by atoms with Gasteiger partial charge in [0.1, 0.15) is 0 Å². The zero-order valence-corrected chi connectivity index (χ0v) is 10.4. The fraction of sp³-hybridized carbons (Fsp3) is 0.583. The second kappa shape index (κ2) is 5.16. The Morgan fingerprint density at radius 1 is 1.56 bits per heavy atom. The van der Waals surface area contributed by atoms with E-state index in [-0.39, 0.29) is 5.97 Å². The van der Waals surface area contributed by atoms with Gasteiger partial charge in [0.2, 0.25) is 0 Å². The number of aryl methyl sites for hydroxylation is 1. The number of nitrogens with zero attached hydrogens (tertiary/aromatic N) is 1. The van der Waals surface area contributed by atoms with E-state index in [0.29, 0.717) is 6.54 Å². The van der Waals surface area contributed by atoms with E-state index in [1.165, 1.54) is 12.8 Å². The molecule has 1 N–H and O–H groups in total. The Bertz CT molecular complexity index is 356. The van der Waals surface area contributed by atoms with E-state index >= 15 is 0 Å². The minimum Gasteiger partial charge on any atom is -0.469 e. The molecular formula is C12H20N2O2. The Morgan fingerprint density at radius 2 is 2.25 bits per heavy atom. The number of esters is 1. The molecule has 4 nitrogen and oxygen atoms in total. The van der Waals surface area contributed by atoms with Crippen LogP contribution in [-0.2, 0) is 23.1 Å². The van der Waals surface area contributed by atoms with Gasteiger partial charge in [0.05, 0.1) is 12.5 Å². The van der Waals surface area contributed by atoms with Crippen LogP contribution < -0.4 is 5.32 Å². The molecule has 0 fully saturated rings. The molecule has 0 spiro atoms. The summed E-state index contributed by atoms with van der Waals surface area (Å²) in [4.78, 5) is 11.4. The van der Waals surface area contributed by atoms with Gasteiger partial charge in [0.25, 0.3) is 0 Å². The van der Waals surface area contributed by atoms with Gasteiger partial charge in [-0.3, -0.25) is 4.79 Å². The molecule has 0 aromatic carbocycles. The summed E-state index contributed by atoms with van der Waals surface area (Å²) in [6.45, 7) is 5.10. The molecule has 0 aliphatic carbocycles. The van der Waals surface area contributed by atoms with Crippen LogP contribution in [-0.4, -0.2) is 24.2 Å². The third-order valence-corrected chi connectivity index (χ3v) is 2.66. The lowest BCUT2D eigenvalue weighted by Gasteiger charge is -2.21. The Kier molecular flexibility index (Phi) is 4.12. The molecule has 0 bridgehead atoms. The van der Waals surface area contributed by atoms with Crippen LogP contribution in [0.4, 0.5) is 0 Å². The Balaban J connectivity index is 2.41. The van der Waals surface area contributed by atoms with Crippen molar-refractivity contribution in [3.63, 3.8) is 0 Å². The van der Waals surface area contributed by atoms with E-state index in [1.807, 2.05) is 33.2 Å². The van der Waals surface area contributed by atoms with Crippen LogP contribution in [0.15, 0.2) is 18.3 Å². The monoisotopic (exact) mass is 224 g/mol. The number of methoxy groups -OCH3 is 1. The van der Waals surface area contributed by atoms with Crippen molar-refractivity contribution >= 4 is 5.97 Å². The maximum atomic E-state index is 11.4. The van der Waals surface area contributed by atoms with Gasteiger partial charge in [-0.1, -0.05) is 0 Å². The first-order chi connectivity index (χ1) is 7.47. The molecule has 90 valence electrons. The molecule has 0 saturated heterocycles. The lowest BCUT2D eigenvalue weighted by molar-refractivity contribution is -0.150. The highest BCUT2D eigenvalue weighted by atomic mass is 16.5. The summed E-state index contributed by atoms with van der Waals surface area (Å²) in [6.07, 6.45) is 2.00. The molecule has 1 aromatic rings. The number of carbonyl (C=O) groups excluding carboxylic acids is 1.